The van der Waals surface area contributed by atoms with E-state index in [2.05, 4.69) is 5.32 Å². The lowest BCUT2D eigenvalue weighted by Gasteiger charge is -2.33. The van der Waals surface area contributed by atoms with E-state index in [0.717, 1.165) is 12.8 Å². The molecule has 1 saturated heterocycles. The number of piperazine rings is 1. The molecule has 1 N–H and O–H groups in total. The molecule has 2 aliphatic rings. The molecule has 0 bridgehead atoms. The number of nitrogens with zero attached hydrogens (tertiary/aromatic N) is 1. The number of carbonyl (C=O) groups excluding carboxylic acids is 3. The van der Waals surface area contributed by atoms with Gasteiger partial charge in [-0.2, -0.15) is 0 Å². The fourth-order valence-electron chi connectivity index (χ4n) is 1.87. The van der Waals surface area contributed by atoms with E-state index in [1.165, 1.54) is 4.90 Å². The predicted octanol–water partition coefficient (Wildman–Crippen LogP) is -0.340. The SMILES string of the molecule is CCC1C(=O)NC(=O)CN1C(=O)C1CC1. The molecular formula is C10H14N2O3. The van der Waals surface area contributed by atoms with Crippen LogP contribution in [0.5, 0.6) is 0 Å². The zero-order chi connectivity index (χ0) is 11.0. The summed E-state index contributed by atoms with van der Waals surface area (Å²) < 4.78 is 0. The number of hydrogen-bond donors (Lipinski definition) is 1. The fourth-order valence-corrected chi connectivity index (χ4v) is 1.87. The number of carbonyl (C=O) groups is 3. The van der Waals surface area contributed by atoms with Gasteiger partial charge < -0.3 is 4.90 Å². The monoisotopic (exact) mass is 210 g/mol. The molecule has 2 fully saturated rings. The minimum Gasteiger partial charge on any atom is -0.321 e. The number of amides is 3. The highest BCUT2D eigenvalue weighted by atomic mass is 16.2. The molecule has 3 amide bonds. The van der Waals surface area contributed by atoms with Crippen molar-refractivity contribution >= 4 is 17.7 Å². The van der Waals surface area contributed by atoms with Crippen molar-refractivity contribution in [2.24, 2.45) is 5.92 Å². The molecule has 0 aromatic heterocycles. The normalized spacial score (nSPS) is 26.5. The second kappa shape index (κ2) is 3.64. The summed E-state index contributed by atoms with van der Waals surface area (Å²) in [6, 6.07) is -0.462. The van der Waals surface area contributed by atoms with E-state index in [-0.39, 0.29) is 30.2 Å². The number of imide groups is 1. The average molecular weight is 210 g/mol. The summed E-state index contributed by atoms with van der Waals surface area (Å²) in [6.07, 6.45) is 2.33. The van der Waals surface area contributed by atoms with Gasteiger partial charge in [-0.05, 0) is 19.3 Å². The molecule has 0 aromatic rings. The lowest BCUT2D eigenvalue weighted by molar-refractivity contribution is -0.150. The Hall–Kier alpha value is -1.39. The minimum atomic E-state index is -0.462. The Morgan fingerprint density at radius 1 is 1.47 bits per heavy atom. The lowest BCUT2D eigenvalue weighted by atomic mass is 10.1. The van der Waals surface area contributed by atoms with Gasteiger partial charge in [0.1, 0.15) is 12.6 Å². The fraction of sp³-hybridized carbons (Fsp3) is 0.700. The van der Waals surface area contributed by atoms with Crippen molar-refractivity contribution in [3.05, 3.63) is 0 Å². The third-order valence-electron chi connectivity index (χ3n) is 2.85. The maximum absolute atomic E-state index is 11.8. The molecule has 5 heteroatoms. The van der Waals surface area contributed by atoms with Crippen LogP contribution >= 0.6 is 0 Å². The summed E-state index contributed by atoms with van der Waals surface area (Å²) in [4.78, 5) is 35.9. The van der Waals surface area contributed by atoms with Crippen LogP contribution in [0.3, 0.4) is 0 Å². The van der Waals surface area contributed by atoms with Crippen molar-refractivity contribution in [3.63, 3.8) is 0 Å². The van der Waals surface area contributed by atoms with Crippen molar-refractivity contribution < 1.29 is 14.4 Å². The van der Waals surface area contributed by atoms with Gasteiger partial charge in [-0.1, -0.05) is 6.92 Å². The number of rotatable bonds is 2. The van der Waals surface area contributed by atoms with Crippen LogP contribution in [-0.2, 0) is 14.4 Å². The van der Waals surface area contributed by atoms with Gasteiger partial charge >= 0.3 is 0 Å². The van der Waals surface area contributed by atoms with E-state index in [1.54, 1.807) is 0 Å². The number of hydrogen-bond acceptors (Lipinski definition) is 3. The van der Waals surface area contributed by atoms with E-state index in [9.17, 15) is 14.4 Å². The van der Waals surface area contributed by atoms with Crippen molar-refractivity contribution in [2.45, 2.75) is 32.2 Å². The van der Waals surface area contributed by atoms with Crippen LogP contribution in [0.4, 0.5) is 0 Å². The Morgan fingerprint density at radius 2 is 2.13 bits per heavy atom. The van der Waals surface area contributed by atoms with Crippen molar-refractivity contribution in [1.82, 2.24) is 10.2 Å². The van der Waals surface area contributed by atoms with Crippen LogP contribution < -0.4 is 5.32 Å². The predicted molar refractivity (Wildman–Crippen MR) is 51.7 cm³/mol. The summed E-state index contributed by atoms with van der Waals surface area (Å²) in [5.41, 5.74) is 0. The summed E-state index contributed by atoms with van der Waals surface area (Å²) in [5.74, 6) is -0.704. The Labute approximate surface area is 87.8 Å². The summed E-state index contributed by atoms with van der Waals surface area (Å²) in [7, 11) is 0. The van der Waals surface area contributed by atoms with Crippen molar-refractivity contribution in [1.29, 1.82) is 0 Å². The van der Waals surface area contributed by atoms with Crippen LogP contribution in [0.25, 0.3) is 0 Å². The molecule has 0 radical (unpaired) electrons. The quantitative estimate of drug-likeness (QED) is 0.634. The summed E-state index contributed by atoms with van der Waals surface area (Å²) in [5, 5.41) is 2.25. The van der Waals surface area contributed by atoms with Crippen LogP contribution in [0, 0.1) is 5.92 Å². The van der Waals surface area contributed by atoms with Gasteiger partial charge in [0.25, 0.3) is 0 Å². The molecule has 1 heterocycles. The van der Waals surface area contributed by atoms with Gasteiger partial charge in [-0.25, -0.2) is 0 Å². The minimum absolute atomic E-state index is 0.0274. The molecule has 1 saturated carbocycles. The largest absolute Gasteiger partial charge is 0.321 e. The molecule has 1 unspecified atom stereocenters. The number of nitrogens with one attached hydrogen (secondary N) is 1. The van der Waals surface area contributed by atoms with Crippen LogP contribution in [0.15, 0.2) is 0 Å². The molecule has 15 heavy (non-hydrogen) atoms. The Morgan fingerprint density at radius 3 is 2.67 bits per heavy atom. The van der Waals surface area contributed by atoms with E-state index < -0.39 is 6.04 Å². The van der Waals surface area contributed by atoms with E-state index in [1.807, 2.05) is 6.92 Å². The van der Waals surface area contributed by atoms with Gasteiger partial charge in [-0.3, -0.25) is 19.7 Å². The molecular weight excluding hydrogens is 196 g/mol. The van der Waals surface area contributed by atoms with Gasteiger partial charge in [-0.15, -0.1) is 0 Å². The first kappa shape index (κ1) is 10.1. The van der Waals surface area contributed by atoms with Crippen LogP contribution in [-0.4, -0.2) is 35.2 Å². The van der Waals surface area contributed by atoms with Gasteiger partial charge in [0.05, 0.1) is 0 Å². The molecule has 5 nitrogen and oxygen atoms in total. The molecule has 0 spiro atoms. The Balaban J connectivity index is 2.14. The van der Waals surface area contributed by atoms with E-state index in [4.69, 9.17) is 0 Å². The van der Waals surface area contributed by atoms with Crippen LogP contribution in [0.1, 0.15) is 26.2 Å². The zero-order valence-corrected chi connectivity index (χ0v) is 8.66. The molecule has 0 aromatic carbocycles. The topological polar surface area (TPSA) is 66.5 Å². The maximum atomic E-state index is 11.8. The third-order valence-corrected chi connectivity index (χ3v) is 2.85. The Bertz CT molecular complexity index is 323. The first-order valence-corrected chi connectivity index (χ1v) is 5.27. The smallest absolute Gasteiger partial charge is 0.249 e. The van der Waals surface area contributed by atoms with Gasteiger partial charge in [0.15, 0.2) is 0 Å². The van der Waals surface area contributed by atoms with E-state index >= 15 is 0 Å². The summed E-state index contributed by atoms with van der Waals surface area (Å²) >= 11 is 0. The highest BCUT2D eigenvalue weighted by molar-refractivity contribution is 6.04. The highest BCUT2D eigenvalue weighted by Gasteiger charge is 2.41. The van der Waals surface area contributed by atoms with Gasteiger partial charge in [0.2, 0.25) is 17.7 Å². The molecule has 1 aliphatic carbocycles. The van der Waals surface area contributed by atoms with Crippen LogP contribution in [0.2, 0.25) is 0 Å². The maximum Gasteiger partial charge on any atom is 0.249 e. The lowest BCUT2D eigenvalue weighted by Crippen LogP contribution is -2.59. The molecule has 82 valence electrons. The van der Waals surface area contributed by atoms with Crippen molar-refractivity contribution in [3.8, 4) is 0 Å². The average Bonchev–Trinajstić information content (AvgIpc) is 2.98. The zero-order valence-electron chi connectivity index (χ0n) is 8.66. The first-order valence-electron chi connectivity index (χ1n) is 5.27. The molecule has 1 aliphatic heterocycles. The van der Waals surface area contributed by atoms with Gasteiger partial charge in [0, 0.05) is 5.92 Å². The van der Waals surface area contributed by atoms with E-state index in [0.29, 0.717) is 6.42 Å². The second-order valence-electron chi connectivity index (χ2n) is 4.08. The summed E-state index contributed by atoms with van der Waals surface area (Å²) in [6.45, 7) is 1.87. The standard InChI is InChI=1S/C10H14N2O3/c1-2-7-9(14)11-8(13)5-12(7)10(15)6-3-4-6/h6-7H,2-5H2,1H3,(H,11,13,14). The first-order chi connectivity index (χ1) is 7.13. The molecule has 1 atom stereocenters. The third kappa shape index (κ3) is 1.86. The second-order valence-corrected chi connectivity index (χ2v) is 4.08. The van der Waals surface area contributed by atoms with Crippen molar-refractivity contribution in [2.75, 3.05) is 6.54 Å². The molecule has 2 rings (SSSR count). The highest BCUT2D eigenvalue weighted by Crippen LogP contribution is 2.32. The Kier molecular flexibility index (Phi) is 2.46.